The number of amides is 1. The molecule has 33 heavy (non-hydrogen) atoms. The second kappa shape index (κ2) is 7.55. The van der Waals surface area contributed by atoms with E-state index in [4.69, 9.17) is 11.5 Å². The van der Waals surface area contributed by atoms with Gasteiger partial charge in [0.1, 0.15) is 11.6 Å². The summed E-state index contributed by atoms with van der Waals surface area (Å²) in [7, 11) is 0. The van der Waals surface area contributed by atoms with Crippen molar-refractivity contribution >= 4 is 17.5 Å². The molecule has 1 aromatic carbocycles. The standard InChI is InChI=1S/C24H28N8O/c25-21-17-4-2-1-3-16(17)13-24(21)5-8-30(9-6-24)18-14-28-20(22(26)29-18)23(33)32-12-11-31-10-7-27-19(31)15-32/h1-4,7,10,14,21H,5-6,8-9,11-13,15,25H2,(H2,26,29)/t21-/m1/s1. The minimum Gasteiger partial charge on any atom is -0.382 e. The van der Waals surface area contributed by atoms with Gasteiger partial charge in [-0.15, -0.1) is 0 Å². The van der Waals surface area contributed by atoms with Crippen molar-refractivity contribution in [2.24, 2.45) is 11.1 Å². The van der Waals surface area contributed by atoms with Gasteiger partial charge in [0.2, 0.25) is 0 Å². The SMILES string of the molecule is Nc1nc(N2CCC3(CC2)Cc2ccccc2[C@H]3N)cnc1C(=O)N1CCn2ccnc2C1. The second-order valence-electron chi connectivity index (χ2n) is 9.43. The van der Waals surface area contributed by atoms with Gasteiger partial charge in [-0.3, -0.25) is 4.79 Å². The van der Waals surface area contributed by atoms with E-state index in [2.05, 4.69) is 48.7 Å². The lowest BCUT2D eigenvalue weighted by atomic mass is 9.73. The zero-order valence-corrected chi connectivity index (χ0v) is 18.5. The van der Waals surface area contributed by atoms with Gasteiger partial charge in [0.15, 0.2) is 11.5 Å². The molecule has 4 heterocycles. The average molecular weight is 445 g/mol. The molecule has 2 aromatic heterocycles. The number of hydrogen-bond donors (Lipinski definition) is 2. The van der Waals surface area contributed by atoms with Gasteiger partial charge in [-0.2, -0.15) is 0 Å². The zero-order chi connectivity index (χ0) is 22.6. The van der Waals surface area contributed by atoms with E-state index in [-0.39, 0.29) is 28.9 Å². The molecule has 2 aliphatic heterocycles. The Morgan fingerprint density at radius 2 is 1.91 bits per heavy atom. The predicted molar refractivity (Wildman–Crippen MR) is 124 cm³/mol. The predicted octanol–water partition coefficient (Wildman–Crippen LogP) is 1.75. The molecule has 1 atom stereocenters. The van der Waals surface area contributed by atoms with Gasteiger partial charge in [-0.05, 0) is 35.8 Å². The van der Waals surface area contributed by atoms with Crippen LogP contribution in [0.2, 0.25) is 0 Å². The lowest BCUT2D eigenvalue weighted by Gasteiger charge is -2.42. The van der Waals surface area contributed by atoms with Crippen LogP contribution < -0.4 is 16.4 Å². The van der Waals surface area contributed by atoms with Crippen LogP contribution in [-0.4, -0.2) is 50.0 Å². The molecule has 170 valence electrons. The second-order valence-corrected chi connectivity index (χ2v) is 9.43. The first kappa shape index (κ1) is 20.2. The highest BCUT2D eigenvalue weighted by Crippen LogP contribution is 2.50. The smallest absolute Gasteiger partial charge is 0.276 e. The number of nitrogens with two attached hydrogens (primary N) is 2. The number of piperidine rings is 1. The van der Waals surface area contributed by atoms with Gasteiger partial charge < -0.3 is 25.8 Å². The Bertz CT molecular complexity index is 1210. The number of anilines is 2. The molecule has 9 heteroatoms. The van der Waals surface area contributed by atoms with Crippen LogP contribution in [0.1, 0.15) is 46.3 Å². The highest BCUT2D eigenvalue weighted by Gasteiger charge is 2.46. The molecular weight excluding hydrogens is 416 g/mol. The number of fused-ring (bicyclic) bond motifs is 2. The summed E-state index contributed by atoms with van der Waals surface area (Å²) in [6.07, 6.45) is 8.38. The Hall–Kier alpha value is -3.46. The van der Waals surface area contributed by atoms with Crippen molar-refractivity contribution in [2.75, 3.05) is 30.3 Å². The number of rotatable bonds is 2. The number of hydrogen-bond acceptors (Lipinski definition) is 7. The van der Waals surface area contributed by atoms with E-state index in [1.54, 1.807) is 17.3 Å². The lowest BCUT2D eigenvalue weighted by molar-refractivity contribution is 0.0702. The number of nitrogens with zero attached hydrogens (tertiary/aromatic N) is 6. The van der Waals surface area contributed by atoms with E-state index in [1.165, 1.54) is 11.1 Å². The first-order valence-electron chi connectivity index (χ1n) is 11.5. The van der Waals surface area contributed by atoms with Crippen LogP contribution in [0, 0.1) is 5.41 Å². The Morgan fingerprint density at radius 3 is 2.70 bits per heavy atom. The monoisotopic (exact) mass is 444 g/mol. The summed E-state index contributed by atoms with van der Waals surface area (Å²) < 4.78 is 2.06. The van der Waals surface area contributed by atoms with E-state index >= 15 is 0 Å². The van der Waals surface area contributed by atoms with Crippen LogP contribution in [0.15, 0.2) is 42.9 Å². The van der Waals surface area contributed by atoms with Crippen LogP contribution in [-0.2, 0) is 19.5 Å². The molecule has 6 rings (SSSR count). The number of imidazole rings is 1. The van der Waals surface area contributed by atoms with Crippen molar-refractivity contribution in [1.29, 1.82) is 0 Å². The largest absolute Gasteiger partial charge is 0.382 e. The minimum absolute atomic E-state index is 0.0761. The van der Waals surface area contributed by atoms with E-state index in [0.717, 1.165) is 44.0 Å². The maximum atomic E-state index is 13.0. The molecule has 3 aliphatic rings. The molecule has 1 saturated heterocycles. The number of nitrogen functional groups attached to an aromatic ring is 1. The Balaban J connectivity index is 1.15. The summed E-state index contributed by atoms with van der Waals surface area (Å²) in [5, 5.41) is 0. The normalized spacial score (nSPS) is 21.2. The average Bonchev–Trinajstić information content (AvgIpc) is 3.41. The Labute approximate surface area is 192 Å². The Morgan fingerprint density at radius 1 is 1.09 bits per heavy atom. The maximum Gasteiger partial charge on any atom is 0.276 e. The van der Waals surface area contributed by atoms with Crippen molar-refractivity contribution in [3.8, 4) is 0 Å². The number of aromatic nitrogens is 4. The third-order valence-corrected chi connectivity index (χ3v) is 7.70. The summed E-state index contributed by atoms with van der Waals surface area (Å²) in [4.78, 5) is 30.3. The van der Waals surface area contributed by atoms with Crippen molar-refractivity contribution < 1.29 is 4.79 Å². The highest BCUT2D eigenvalue weighted by atomic mass is 16.2. The maximum absolute atomic E-state index is 13.0. The van der Waals surface area contributed by atoms with Crippen LogP contribution in [0.5, 0.6) is 0 Å². The Kier molecular flexibility index (Phi) is 4.62. The number of carbonyl (C=O) groups is 1. The third-order valence-electron chi connectivity index (χ3n) is 7.70. The highest BCUT2D eigenvalue weighted by molar-refractivity contribution is 5.96. The van der Waals surface area contributed by atoms with Crippen LogP contribution >= 0.6 is 0 Å². The van der Waals surface area contributed by atoms with Crippen molar-refractivity contribution in [3.05, 3.63) is 65.5 Å². The van der Waals surface area contributed by atoms with Gasteiger partial charge in [0.05, 0.1) is 12.7 Å². The fourth-order valence-electron chi connectivity index (χ4n) is 5.69. The molecule has 3 aromatic rings. The van der Waals surface area contributed by atoms with E-state index in [0.29, 0.717) is 19.6 Å². The summed E-state index contributed by atoms with van der Waals surface area (Å²) in [6, 6.07) is 8.62. The molecule has 0 unspecified atom stereocenters. The van der Waals surface area contributed by atoms with Gasteiger partial charge in [-0.25, -0.2) is 15.0 Å². The molecule has 0 saturated carbocycles. The van der Waals surface area contributed by atoms with Crippen LogP contribution in [0.3, 0.4) is 0 Å². The third kappa shape index (κ3) is 3.26. The first-order chi connectivity index (χ1) is 16.0. The summed E-state index contributed by atoms with van der Waals surface area (Å²) >= 11 is 0. The topological polar surface area (TPSA) is 119 Å². The van der Waals surface area contributed by atoms with Gasteiger partial charge >= 0.3 is 0 Å². The molecule has 1 aliphatic carbocycles. The molecule has 1 amide bonds. The van der Waals surface area contributed by atoms with Gasteiger partial charge in [-0.1, -0.05) is 24.3 Å². The van der Waals surface area contributed by atoms with Gasteiger partial charge in [0.25, 0.3) is 5.91 Å². The van der Waals surface area contributed by atoms with Crippen molar-refractivity contribution in [3.63, 3.8) is 0 Å². The van der Waals surface area contributed by atoms with E-state index < -0.39 is 0 Å². The van der Waals surface area contributed by atoms with Crippen molar-refractivity contribution in [2.45, 2.75) is 38.4 Å². The van der Waals surface area contributed by atoms with Crippen molar-refractivity contribution in [1.82, 2.24) is 24.4 Å². The molecule has 0 bridgehead atoms. The minimum atomic E-state index is -0.201. The lowest BCUT2D eigenvalue weighted by Crippen LogP contribution is -2.44. The molecule has 1 spiro atoms. The molecule has 0 radical (unpaired) electrons. The number of benzene rings is 1. The van der Waals surface area contributed by atoms with E-state index in [1.807, 2.05) is 6.20 Å². The fourth-order valence-corrected chi connectivity index (χ4v) is 5.69. The molecule has 4 N–H and O–H groups in total. The molecule has 1 fully saturated rings. The first-order valence-corrected chi connectivity index (χ1v) is 11.5. The van der Waals surface area contributed by atoms with E-state index in [9.17, 15) is 4.79 Å². The fraction of sp³-hybridized carbons (Fsp3) is 0.417. The van der Waals surface area contributed by atoms with Crippen LogP contribution in [0.25, 0.3) is 0 Å². The summed E-state index contributed by atoms with van der Waals surface area (Å²) in [5.74, 6) is 1.56. The van der Waals surface area contributed by atoms with Crippen LogP contribution in [0.4, 0.5) is 11.6 Å². The summed E-state index contributed by atoms with van der Waals surface area (Å²) in [5.41, 5.74) is 15.9. The summed E-state index contributed by atoms with van der Waals surface area (Å²) in [6.45, 7) is 3.46. The zero-order valence-electron chi connectivity index (χ0n) is 18.5. The molecule has 9 nitrogen and oxygen atoms in total. The molecular formula is C24H28N8O. The number of carbonyl (C=O) groups excluding carboxylic acids is 1. The quantitative estimate of drug-likeness (QED) is 0.618. The van der Waals surface area contributed by atoms with Gasteiger partial charge in [0, 0.05) is 44.6 Å².